The Balaban J connectivity index is 1.61. The Morgan fingerprint density at radius 1 is 1.15 bits per heavy atom. The van der Waals surface area contributed by atoms with Crippen LogP contribution in [0.3, 0.4) is 0 Å². The van der Waals surface area contributed by atoms with E-state index in [9.17, 15) is 26.4 Å². The number of para-hydroxylation sites is 1. The molecule has 0 saturated carbocycles. The van der Waals surface area contributed by atoms with Crippen molar-refractivity contribution in [3.63, 3.8) is 0 Å². The maximum atomic E-state index is 13.3. The molecule has 176 valence electrons. The molecule has 11 heteroatoms. The van der Waals surface area contributed by atoms with Crippen molar-refractivity contribution in [2.75, 3.05) is 28.3 Å². The number of aliphatic imine (C=N–C) groups is 1. The van der Waals surface area contributed by atoms with E-state index >= 15 is 0 Å². The number of hydrogen-bond donors (Lipinski definition) is 1. The molecule has 0 bridgehead atoms. The molecule has 2 heterocycles. The monoisotopic (exact) mass is 497 g/mol. The number of carbonyl (C=O) groups excluding carboxylic acids is 1. The van der Waals surface area contributed by atoms with E-state index in [4.69, 9.17) is 0 Å². The van der Waals surface area contributed by atoms with Crippen molar-refractivity contribution < 1.29 is 26.4 Å². The quantitative estimate of drug-likeness (QED) is 0.690. The molecule has 2 aromatic rings. The number of amidine groups is 1. The Hall–Kier alpha value is -2.53. The smallest absolute Gasteiger partial charge is 0.324 e. The highest BCUT2D eigenvalue weighted by atomic mass is 32.2. The number of nitrogens with zero attached hydrogens (tertiary/aromatic N) is 2. The molecule has 1 fully saturated rings. The minimum atomic E-state index is -4.61. The number of fused-ring (bicyclic) bond motifs is 1. The second-order valence-electron chi connectivity index (χ2n) is 8.16. The second kappa shape index (κ2) is 8.68. The number of aryl methyl sites for hydroxylation is 2. The molecule has 1 N–H and O–H groups in total. The lowest BCUT2D eigenvalue weighted by molar-refractivity contribution is -0.137. The Morgan fingerprint density at radius 3 is 2.55 bits per heavy atom. The van der Waals surface area contributed by atoms with Gasteiger partial charge in [-0.3, -0.25) is 9.79 Å². The number of alkyl halides is 3. The minimum Gasteiger partial charge on any atom is -0.324 e. The summed E-state index contributed by atoms with van der Waals surface area (Å²) in [7, 11) is -3.15. The highest BCUT2D eigenvalue weighted by Gasteiger charge is 2.44. The van der Waals surface area contributed by atoms with E-state index in [2.05, 4.69) is 10.3 Å². The van der Waals surface area contributed by atoms with Crippen LogP contribution in [-0.2, 0) is 20.8 Å². The summed E-state index contributed by atoms with van der Waals surface area (Å²) in [5.41, 5.74) is 1.44. The third-order valence-electron chi connectivity index (χ3n) is 5.65. The summed E-state index contributed by atoms with van der Waals surface area (Å²) in [6.45, 7) is 3.59. The van der Waals surface area contributed by atoms with Crippen molar-refractivity contribution in [1.29, 1.82) is 0 Å². The number of nitrogens with one attached hydrogen (secondary N) is 1. The summed E-state index contributed by atoms with van der Waals surface area (Å²) in [5, 5.41) is 2.63. The average molecular weight is 498 g/mol. The highest BCUT2D eigenvalue weighted by Crippen LogP contribution is 2.37. The van der Waals surface area contributed by atoms with Crippen LogP contribution in [-0.4, -0.2) is 48.8 Å². The number of halogens is 3. The maximum absolute atomic E-state index is 13.3. The first-order valence-corrected chi connectivity index (χ1v) is 12.9. The Bertz CT molecular complexity index is 1230. The Labute approximate surface area is 194 Å². The van der Waals surface area contributed by atoms with E-state index in [1.165, 1.54) is 30.0 Å². The van der Waals surface area contributed by atoms with E-state index in [0.717, 1.165) is 17.2 Å². The third kappa shape index (κ3) is 5.19. The molecule has 1 amide bonds. The first kappa shape index (κ1) is 23.6. The predicted molar refractivity (Wildman–Crippen MR) is 125 cm³/mol. The summed E-state index contributed by atoms with van der Waals surface area (Å²) in [6, 6.07) is 9.99. The number of hydrogen-bond acceptors (Lipinski definition) is 6. The average Bonchev–Trinajstić information content (AvgIpc) is 3.21. The lowest BCUT2D eigenvalue weighted by atomic mass is 10.1. The van der Waals surface area contributed by atoms with Gasteiger partial charge < -0.3 is 10.2 Å². The summed E-state index contributed by atoms with van der Waals surface area (Å²) in [5.74, 6) is -0.667. The molecule has 0 spiro atoms. The van der Waals surface area contributed by atoms with Gasteiger partial charge in [-0.25, -0.2) is 8.42 Å². The van der Waals surface area contributed by atoms with Crippen LogP contribution in [0, 0.1) is 13.8 Å². The van der Waals surface area contributed by atoms with Gasteiger partial charge in [0.1, 0.15) is 6.54 Å². The molecule has 2 unspecified atom stereocenters. The summed E-state index contributed by atoms with van der Waals surface area (Å²) in [4.78, 5) is 19.0. The summed E-state index contributed by atoms with van der Waals surface area (Å²) >= 11 is 1.29. The van der Waals surface area contributed by atoms with Crippen LogP contribution in [0.25, 0.3) is 0 Å². The zero-order valence-electron chi connectivity index (χ0n) is 17.9. The Morgan fingerprint density at radius 2 is 1.88 bits per heavy atom. The Kier molecular flexibility index (Phi) is 6.21. The van der Waals surface area contributed by atoms with E-state index in [-0.39, 0.29) is 29.0 Å². The molecule has 33 heavy (non-hydrogen) atoms. The van der Waals surface area contributed by atoms with Crippen LogP contribution in [0.1, 0.15) is 16.7 Å². The number of carbonyl (C=O) groups is 1. The zero-order valence-corrected chi connectivity index (χ0v) is 19.5. The van der Waals surface area contributed by atoms with Gasteiger partial charge in [0, 0.05) is 10.9 Å². The molecule has 0 aromatic heterocycles. The standard InChI is InChI=1S/C22H22F3N3O3S2/c1-13-7-8-15(9-14(13)2)28(21-27-18-11-33(30,31)12-19(18)32-21)10-20(29)26-17-6-4-3-5-16(17)22(23,24)25/h3-9,18-19H,10-12H2,1-2H3,(H,26,29). The molecule has 6 nitrogen and oxygen atoms in total. The molecule has 2 atom stereocenters. The fraction of sp³-hybridized carbons (Fsp3) is 0.364. The van der Waals surface area contributed by atoms with Crippen LogP contribution in [0.4, 0.5) is 24.5 Å². The SMILES string of the molecule is Cc1ccc(N(CC(=O)Nc2ccccc2C(F)(F)F)C2=NC3CS(=O)(=O)CC3S2)cc1C. The van der Waals surface area contributed by atoms with Crippen molar-refractivity contribution in [3.05, 3.63) is 59.2 Å². The number of benzene rings is 2. The van der Waals surface area contributed by atoms with Gasteiger partial charge in [-0.05, 0) is 49.2 Å². The normalized spacial score (nSPS) is 21.4. The van der Waals surface area contributed by atoms with Gasteiger partial charge in [0.15, 0.2) is 15.0 Å². The van der Waals surface area contributed by atoms with Crippen LogP contribution in [0.15, 0.2) is 47.5 Å². The minimum absolute atomic E-state index is 0.0151. The van der Waals surface area contributed by atoms with Gasteiger partial charge in [-0.2, -0.15) is 13.2 Å². The molecule has 4 rings (SSSR count). The fourth-order valence-corrected chi connectivity index (χ4v) is 7.59. The van der Waals surface area contributed by atoms with Gasteiger partial charge in [-0.1, -0.05) is 30.0 Å². The first-order chi connectivity index (χ1) is 15.4. The molecule has 2 aliphatic heterocycles. The number of thioether (sulfide) groups is 1. The van der Waals surface area contributed by atoms with Crippen molar-refractivity contribution in [1.82, 2.24) is 0 Å². The third-order valence-corrected chi connectivity index (χ3v) is 8.89. The fourth-order valence-electron chi connectivity index (χ4n) is 3.81. The molecule has 0 aliphatic carbocycles. The van der Waals surface area contributed by atoms with Crippen molar-refractivity contribution >= 4 is 44.0 Å². The van der Waals surface area contributed by atoms with Gasteiger partial charge in [-0.15, -0.1) is 0 Å². The number of rotatable bonds is 4. The van der Waals surface area contributed by atoms with Crippen molar-refractivity contribution in [2.45, 2.75) is 31.3 Å². The van der Waals surface area contributed by atoms with E-state index in [0.29, 0.717) is 10.9 Å². The number of sulfone groups is 1. The van der Waals surface area contributed by atoms with Gasteiger partial charge in [0.2, 0.25) is 5.91 Å². The molecule has 2 aliphatic rings. The zero-order chi connectivity index (χ0) is 24.0. The molecule has 2 aromatic carbocycles. The first-order valence-electron chi connectivity index (χ1n) is 10.2. The van der Waals surface area contributed by atoms with E-state index in [1.54, 1.807) is 4.90 Å². The molecule has 0 radical (unpaired) electrons. The lowest BCUT2D eigenvalue weighted by Gasteiger charge is -2.25. The van der Waals surface area contributed by atoms with Crippen molar-refractivity contribution in [2.24, 2.45) is 4.99 Å². The highest BCUT2D eigenvalue weighted by molar-refractivity contribution is 8.15. The molecule has 1 saturated heterocycles. The summed E-state index contributed by atoms with van der Waals surface area (Å²) in [6.07, 6.45) is -4.61. The van der Waals surface area contributed by atoms with E-state index in [1.807, 2.05) is 32.0 Å². The maximum Gasteiger partial charge on any atom is 0.418 e. The largest absolute Gasteiger partial charge is 0.418 e. The van der Waals surface area contributed by atoms with Crippen molar-refractivity contribution in [3.8, 4) is 0 Å². The molecular formula is C22H22F3N3O3S2. The van der Waals surface area contributed by atoms with Crippen LogP contribution >= 0.6 is 11.8 Å². The number of anilines is 2. The van der Waals surface area contributed by atoms with Crippen LogP contribution < -0.4 is 10.2 Å². The van der Waals surface area contributed by atoms with Crippen LogP contribution in [0.5, 0.6) is 0 Å². The van der Waals surface area contributed by atoms with Crippen LogP contribution in [0.2, 0.25) is 0 Å². The van der Waals surface area contributed by atoms with Gasteiger partial charge in [0.25, 0.3) is 0 Å². The lowest BCUT2D eigenvalue weighted by Crippen LogP contribution is -2.37. The number of amides is 1. The summed E-state index contributed by atoms with van der Waals surface area (Å²) < 4.78 is 63.8. The van der Waals surface area contributed by atoms with Gasteiger partial charge in [0.05, 0.1) is 28.8 Å². The second-order valence-corrected chi connectivity index (χ2v) is 11.5. The predicted octanol–water partition coefficient (Wildman–Crippen LogP) is 4.04. The van der Waals surface area contributed by atoms with Gasteiger partial charge >= 0.3 is 6.18 Å². The molecular weight excluding hydrogens is 475 g/mol. The van der Waals surface area contributed by atoms with E-state index < -0.39 is 33.5 Å². The topological polar surface area (TPSA) is 78.8 Å².